The summed E-state index contributed by atoms with van der Waals surface area (Å²) in [5.74, 6) is -1.51. The molecule has 0 aromatic rings. The van der Waals surface area contributed by atoms with E-state index in [0.717, 1.165) is 26.2 Å². The molecule has 0 aliphatic rings. The van der Waals surface area contributed by atoms with E-state index in [4.69, 9.17) is 15.0 Å². The zero-order valence-electron chi connectivity index (χ0n) is 8.25. The average Bonchev–Trinajstić information content (AvgIpc) is 1.97. The van der Waals surface area contributed by atoms with Gasteiger partial charge in [0.05, 0.1) is 0 Å². The molecule has 0 radical (unpaired) electrons. The van der Waals surface area contributed by atoms with Crippen molar-refractivity contribution in [2.45, 2.75) is 46.0 Å². The van der Waals surface area contributed by atoms with Gasteiger partial charge in [-0.05, 0) is 6.42 Å². The Balaban J connectivity index is 0. The summed E-state index contributed by atoms with van der Waals surface area (Å²) in [5.41, 5.74) is 0. The zero-order valence-corrected chi connectivity index (χ0v) is 8.25. The second kappa shape index (κ2) is 10.9. The molecule has 0 aliphatic carbocycles. The SMILES string of the molecule is CC(=O)O.CCCCCCC(=O)O. The maximum Gasteiger partial charge on any atom is 0.303 e. The lowest BCUT2D eigenvalue weighted by atomic mass is 10.2. The Morgan fingerprint density at radius 1 is 1.08 bits per heavy atom. The Labute approximate surface area is 78.6 Å². The summed E-state index contributed by atoms with van der Waals surface area (Å²) >= 11 is 0. The van der Waals surface area contributed by atoms with E-state index in [0.29, 0.717) is 6.42 Å². The normalized spacial score (nSPS) is 8.46. The van der Waals surface area contributed by atoms with Crippen LogP contribution in [0.15, 0.2) is 0 Å². The smallest absolute Gasteiger partial charge is 0.303 e. The number of carboxylic acids is 2. The minimum atomic E-state index is -0.833. The van der Waals surface area contributed by atoms with Gasteiger partial charge in [0.2, 0.25) is 0 Å². The Kier molecular flexibility index (Phi) is 12.2. The van der Waals surface area contributed by atoms with Gasteiger partial charge in [-0.25, -0.2) is 0 Å². The molecule has 0 saturated heterocycles. The van der Waals surface area contributed by atoms with Crippen molar-refractivity contribution in [3.63, 3.8) is 0 Å². The monoisotopic (exact) mass is 190 g/mol. The summed E-state index contributed by atoms with van der Waals surface area (Å²) in [4.78, 5) is 19.0. The van der Waals surface area contributed by atoms with Crippen molar-refractivity contribution in [2.75, 3.05) is 0 Å². The predicted molar refractivity (Wildman–Crippen MR) is 49.7 cm³/mol. The van der Waals surface area contributed by atoms with Crippen molar-refractivity contribution in [1.82, 2.24) is 0 Å². The summed E-state index contributed by atoms with van der Waals surface area (Å²) in [7, 11) is 0. The van der Waals surface area contributed by atoms with E-state index >= 15 is 0 Å². The molecule has 0 fully saturated rings. The molecule has 78 valence electrons. The largest absolute Gasteiger partial charge is 0.481 e. The second-order valence-corrected chi connectivity index (χ2v) is 2.72. The molecular weight excluding hydrogens is 172 g/mol. The summed E-state index contributed by atoms with van der Waals surface area (Å²) < 4.78 is 0. The number of carboxylic acid groups (broad SMARTS) is 2. The fraction of sp³-hybridized carbons (Fsp3) is 0.778. The van der Waals surface area contributed by atoms with Gasteiger partial charge in [-0.15, -0.1) is 0 Å². The van der Waals surface area contributed by atoms with Crippen LogP contribution in [0.3, 0.4) is 0 Å². The first-order valence-corrected chi connectivity index (χ1v) is 4.42. The number of unbranched alkanes of at least 4 members (excludes halogenated alkanes) is 3. The average molecular weight is 190 g/mol. The van der Waals surface area contributed by atoms with Crippen LogP contribution in [0.4, 0.5) is 0 Å². The van der Waals surface area contributed by atoms with Crippen molar-refractivity contribution < 1.29 is 19.8 Å². The Morgan fingerprint density at radius 3 is 1.85 bits per heavy atom. The minimum Gasteiger partial charge on any atom is -0.481 e. The maximum absolute atomic E-state index is 9.96. The Hall–Kier alpha value is -1.06. The summed E-state index contributed by atoms with van der Waals surface area (Å²) in [6.45, 7) is 3.20. The zero-order chi connectivity index (χ0) is 10.7. The van der Waals surface area contributed by atoms with Crippen LogP contribution in [0, 0.1) is 0 Å². The molecule has 13 heavy (non-hydrogen) atoms. The topological polar surface area (TPSA) is 74.6 Å². The fourth-order valence-corrected chi connectivity index (χ4v) is 0.703. The first kappa shape index (κ1) is 14.5. The molecular formula is C9H18O4. The molecule has 4 heteroatoms. The molecule has 0 aliphatic heterocycles. The molecule has 0 spiro atoms. The van der Waals surface area contributed by atoms with Crippen molar-refractivity contribution in [1.29, 1.82) is 0 Å². The lowest BCUT2D eigenvalue weighted by Gasteiger charge is -1.92. The molecule has 0 aromatic carbocycles. The first-order valence-electron chi connectivity index (χ1n) is 4.42. The highest BCUT2D eigenvalue weighted by Gasteiger charge is 1.93. The van der Waals surface area contributed by atoms with Gasteiger partial charge in [-0.2, -0.15) is 0 Å². The molecule has 0 rings (SSSR count). The molecule has 0 heterocycles. The molecule has 0 amide bonds. The van der Waals surface area contributed by atoms with Crippen molar-refractivity contribution in [3.05, 3.63) is 0 Å². The van der Waals surface area contributed by atoms with Gasteiger partial charge in [0.15, 0.2) is 0 Å². The van der Waals surface area contributed by atoms with Crippen molar-refractivity contribution in [2.24, 2.45) is 0 Å². The lowest BCUT2D eigenvalue weighted by molar-refractivity contribution is -0.137. The van der Waals surface area contributed by atoms with Gasteiger partial charge in [-0.1, -0.05) is 26.2 Å². The van der Waals surface area contributed by atoms with Gasteiger partial charge >= 0.3 is 5.97 Å². The first-order chi connectivity index (χ1) is 6.00. The van der Waals surface area contributed by atoms with Gasteiger partial charge in [0.25, 0.3) is 5.97 Å². The molecule has 4 nitrogen and oxygen atoms in total. The third kappa shape index (κ3) is 35.8. The third-order valence-corrected chi connectivity index (χ3v) is 1.24. The standard InChI is InChI=1S/C7H14O2.C2H4O2/c1-2-3-4-5-6-7(8)9;1-2(3)4/h2-6H2,1H3,(H,8,9);1H3,(H,3,4). The van der Waals surface area contributed by atoms with Gasteiger partial charge in [-0.3, -0.25) is 9.59 Å². The number of aliphatic carboxylic acids is 2. The molecule has 0 unspecified atom stereocenters. The Bertz CT molecular complexity index is 139. The quantitative estimate of drug-likeness (QED) is 0.651. The van der Waals surface area contributed by atoms with Crippen molar-refractivity contribution in [3.8, 4) is 0 Å². The molecule has 2 N–H and O–H groups in total. The van der Waals surface area contributed by atoms with E-state index in [1.54, 1.807) is 0 Å². The van der Waals surface area contributed by atoms with Crippen LogP contribution >= 0.6 is 0 Å². The maximum atomic E-state index is 9.96. The van der Waals surface area contributed by atoms with Gasteiger partial charge in [0.1, 0.15) is 0 Å². The van der Waals surface area contributed by atoms with E-state index in [1.165, 1.54) is 6.42 Å². The van der Waals surface area contributed by atoms with Crippen LogP contribution in [0.5, 0.6) is 0 Å². The fourth-order valence-electron chi connectivity index (χ4n) is 0.703. The van der Waals surface area contributed by atoms with Crippen LogP contribution in [-0.4, -0.2) is 22.2 Å². The number of hydrogen-bond donors (Lipinski definition) is 2. The van der Waals surface area contributed by atoms with Gasteiger partial charge < -0.3 is 10.2 Å². The van der Waals surface area contributed by atoms with E-state index < -0.39 is 11.9 Å². The summed E-state index contributed by atoms with van der Waals surface area (Å²) in [6.07, 6.45) is 4.55. The summed E-state index contributed by atoms with van der Waals surface area (Å²) in [6, 6.07) is 0. The highest BCUT2D eigenvalue weighted by molar-refractivity contribution is 5.66. The second-order valence-electron chi connectivity index (χ2n) is 2.72. The van der Waals surface area contributed by atoms with E-state index in [2.05, 4.69) is 6.92 Å². The van der Waals surface area contributed by atoms with Crippen molar-refractivity contribution >= 4 is 11.9 Å². The van der Waals surface area contributed by atoms with Crippen LogP contribution < -0.4 is 0 Å². The van der Waals surface area contributed by atoms with E-state index in [9.17, 15) is 4.79 Å². The Morgan fingerprint density at radius 2 is 1.54 bits per heavy atom. The molecule has 0 aromatic heterocycles. The van der Waals surface area contributed by atoms with Crippen LogP contribution in [0.2, 0.25) is 0 Å². The van der Waals surface area contributed by atoms with Gasteiger partial charge in [0, 0.05) is 13.3 Å². The highest BCUT2D eigenvalue weighted by atomic mass is 16.4. The lowest BCUT2D eigenvalue weighted by Crippen LogP contribution is -1.92. The predicted octanol–water partition coefficient (Wildman–Crippen LogP) is 2.13. The molecule has 0 bridgehead atoms. The van der Waals surface area contributed by atoms with Crippen LogP contribution in [0.25, 0.3) is 0 Å². The highest BCUT2D eigenvalue weighted by Crippen LogP contribution is 2.01. The van der Waals surface area contributed by atoms with E-state index in [1.807, 2.05) is 0 Å². The van der Waals surface area contributed by atoms with E-state index in [-0.39, 0.29) is 0 Å². The molecule has 0 saturated carbocycles. The van der Waals surface area contributed by atoms with Crippen LogP contribution in [-0.2, 0) is 9.59 Å². The number of rotatable bonds is 5. The molecule has 0 atom stereocenters. The summed E-state index contributed by atoms with van der Waals surface area (Å²) in [5, 5.41) is 15.6. The third-order valence-electron chi connectivity index (χ3n) is 1.24. The number of carbonyl (C=O) groups is 2. The minimum absolute atomic E-state index is 0.333. The number of hydrogen-bond acceptors (Lipinski definition) is 2. The van der Waals surface area contributed by atoms with Crippen LogP contribution in [0.1, 0.15) is 46.0 Å².